The molecule has 2 N–H and O–H groups in total. The lowest BCUT2D eigenvalue weighted by atomic mass is 10.0. The first-order chi connectivity index (χ1) is 15.5. The molecule has 1 amide bonds. The normalized spacial score (nSPS) is 16.6. The fourth-order valence-corrected chi connectivity index (χ4v) is 4.41. The van der Waals surface area contributed by atoms with Crippen molar-refractivity contribution in [1.82, 2.24) is 25.3 Å². The number of nitriles is 1. The van der Waals surface area contributed by atoms with E-state index in [2.05, 4.69) is 42.0 Å². The van der Waals surface area contributed by atoms with Gasteiger partial charge in [0.25, 0.3) is 0 Å². The van der Waals surface area contributed by atoms with Crippen molar-refractivity contribution in [1.29, 1.82) is 5.26 Å². The van der Waals surface area contributed by atoms with Crippen LogP contribution in [-0.4, -0.2) is 64.4 Å². The monoisotopic (exact) mass is 449 g/mol. The molecular weight excluding hydrogens is 426 g/mol. The Hall–Kier alpha value is -3.62. The highest BCUT2D eigenvalue weighted by Gasteiger charge is 2.26. The van der Waals surface area contributed by atoms with Crippen LogP contribution in [0.15, 0.2) is 42.6 Å². The number of amides is 1. The Morgan fingerprint density at radius 3 is 2.84 bits per heavy atom. The molecule has 0 spiro atoms. The van der Waals surface area contributed by atoms with Crippen molar-refractivity contribution < 1.29 is 4.79 Å². The predicted molar refractivity (Wildman–Crippen MR) is 122 cm³/mol. The van der Waals surface area contributed by atoms with Gasteiger partial charge in [-0.15, -0.1) is 15.3 Å². The summed E-state index contributed by atoms with van der Waals surface area (Å²) in [5, 5.41) is 32.9. The molecule has 1 fully saturated rings. The Bertz CT molecular complexity index is 1110. The second kappa shape index (κ2) is 9.67. The summed E-state index contributed by atoms with van der Waals surface area (Å²) in [5.74, 6) is 0.625. The van der Waals surface area contributed by atoms with Crippen LogP contribution >= 0.6 is 11.3 Å². The summed E-state index contributed by atoms with van der Waals surface area (Å²) < 4.78 is 0. The van der Waals surface area contributed by atoms with Gasteiger partial charge in [-0.1, -0.05) is 23.5 Å². The molecule has 1 aliphatic rings. The average molecular weight is 450 g/mol. The number of hydrogen-bond donors (Lipinski definition) is 2. The van der Waals surface area contributed by atoms with E-state index in [0.29, 0.717) is 15.8 Å². The number of aromatic nitrogens is 4. The maximum atomic E-state index is 13.0. The number of anilines is 3. The van der Waals surface area contributed by atoms with Gasteiger partial charge in [0.05, 0.1) is 11.6 Å². The highest BCUT2D eigenvalue weighted by atomic mass is 32.1. The molecule has 164 valence electrons. The Morgan fingerprint density at radius 1 is 1.25 bits per heavy atom. The fourth-order valence-electron chi connectivity index (χ4n) is 3.69. The summed E-state index contributed by atoms with van der Waals surface area (Å²) in [6.07, 6.45) is 2.60. The molecule has 10 nitrogen and oxygen atoms in total. The Balaban J connectivity index is 1.38. The van der Waals surface area contributed by atoms with Crippen LogP contribution in [0, 0.1) is 11.3 Å². The zero-order chi connectivity index (χ0) is 22.5. The van der Waals surface area contributed by atoms with Gasteiger partial charge in [-0.25, -0.2) is 0 Å². The number of rotatable bonds is 7. The van der Waals surface area contributed by atoms with Crippen molar-refractivity contribution in [3.63, 3.8) is 0 Å². The van der Waals surface area contributed by atoms with Gasteiger partial charge in [0.15, 0.2) is 5.82 Å². The molecule has 32 heavy (non-hydrogen) atoms. The first kappa shape index (κ1) is 21.6. The maximum absolute atomic E-state index is 13.0. The zero-order valence-corrected chi connectivity index (χ0v) is 18.6. The smallest absolute Gasteiger partial charge is 0.248 e. The number of nitrogens with zero attached hydrogens (tertiary/aromatic N) is 7. The van der Waals surface area contributed by atoms with Crippen molar-refractivity contribution in [2.75, 3.05) is 42.7 Å². The molecule has 1 saturated heterocycles. The summed E-state index contributed by atoms with van der Waals surface area (Å²) in [6.45, 7) is 1.67. The minimum Gasteiger partial charge on any atom is -0.355 e. The van der Waals surface area contributed by atoms with E-state index in [1.807, 2.05) is 32.3 Å². The average Bonchev–Trinajstić information content (AvgIpc) is 3.44. The molecule has 0 bridgehead atoms. The topological polar surface area (TPSA) is 123 Å². The maximum Gasteiger partial charge on any atom is 0.248 e. The van der Waals surface area contributed by atoms with Gasteiger partial charge < -0.3 is 10.2 Å². The van der Waals surface area contributed by atoms with Gasteiger partial charge in [-0.2, -0.15) is 10.4 Å². The van der Waals surface area contributed by atoms with E-state index in [-0.39, 0.29) is 11.9 Å². The molecule has 0 radical (unpaired) electrons. The van der Waals surface area contributed by atoms with Crippen LogP contribution in [0.4, 0.5) is 16.1 Å². The summed E-state index contributed by atoms with van der Waals surface area (Å²) in [4.78, 5) is 16.9. The quantitative estimate of drug-likeness (QED) is 0.558. The van der Waals surface area contributed by atoms with Crippen LogP contribution in [-0.2, 0) is 4.79 Å². The number of carbonyl (C=O) groups excluding carboxylic acids is 1. The third-order valence-electron chi connectivity index (χ3n) is 5.15. The van der Waals surface area contributed by atoms with E-state index in [0.717, 1.165) is 30.9 Å². The molecule has 0 aliphatic carbocycles. The van der Waals surface area contributed by atoms with Crippen LogP contribution in [0.3, 0.4) is 0 Å². The number of carbonyl (C=O) groups is 1. The third kappa shape index (κ3) is 4.99. The number of benzene rings is 1. The van der Waals surface area contributed by atoms with Gasteiger partial charge in [0, 0.05) is 25.3 Å². The first-order valence-corrected chi connectivity index (χ1v) is 10.9. The van der Waals surface area contributed by atoms with E-state index in [4.69, 9.17) is 5.26 Å². The molecule has 2 atom stereocenters. The second-order valence-electron chi connectivity index (χ2n) is 7.66. The summed E-state index contributed by atoms with van der Waals surface area (Å²) in [6, 6.07) is 12.6. The zero-order valence-electron chi connectivity index (χ0n) is 17.8. The van der Waals surface area contributed by atoms with Crippen LogP contribution in [0.2, 0.25) is 0 Å². The van der Waals surface area contributed by atoms with Crippen LogP contribution in [0.1, 0.15) is 23.6 Å². The van der Waals surface area contributed by atoms with Gasteiger partial charge >= 0.3 is 0 Å². The molecule has 0 unspecified atom stereocenters. The Morgan fingerprint density at radius 2 is 2.09 bits per heavy atom. The lowest BCUT2D eigenvalue weighted by molar-refractivity contribution is -0.120. The number of nitrogens with one attached hydrogen (secondary N) is 2. The van der Waals surface area contributed by atoms with Gasteiger partial charge in [0.2, 0.25) is 16.2 Å². The Labute approximate surface area is 189 Å². The van der Waals surface area contributed by atoms with E-state index in [9.17, 15) is 4.79 Å². The minimum absolute atomic E-state index is 0.205. The highest BCUT2D eigenvalue weighted by molar-refractivity contribution is 7.19. The molecule has 11 heteroatoms. The summed E-state index contributed by atoms with van der Waals surface area (Å²) in [7, 11) is 3.64. The van der Waals surface area contributed by atoms with Crippen molar-refractivity contribution in [2.24, 2.45) is 0 Å². The van der Waals surface area contributed by atoms with Crippen molar-refractivity contribution in [3.8, 4) is 6.07 Å². The minimum atomic E-state index is -0.556. The van der Waals surface area contributed by atoms with Crippen LogP contribution < -0.4 is 15.5 Å². The van der Waals surface area contributed by atoms with Crippen molar-refractivity contribution in [3.05, 3.63) is 53.7 Å². The molecule has 1 aromatic carbocycles. The molecule has 2 aromatic heterocycles. The summed E-state index contributed by atoms with van der Waals surface area (Å²) >= 11 is 1.29. The largest absolute Gasteiger partial charge is 0.355 e. The molecule has 4 rings (SSSR count). The van der Waals surface area contributed by atoms with Crippen LogP contribution in [0.25, 0.3) is 0 Å². The van der Waals surface area contributed by atoms with Crippen molar-refractivity contribution >= 4 is 33.3 Å². The number of likely N-dealkylation sites (N-methyl/N-ethyl adjacent to an activating group) is 1. The van der Waals surface area contributed by atoms with Gasteiger partial charge in [0.1, 0.15) is 6.04 Å². The molecule has 0 saturated carbocycles. The standard InChI is InChI=1S/C21H23N9OS/c1-29(2)18(15-6-3-5-14(11-15)12-22)19(31)25-21-28-27-20(32-21)24-16-8-10-30(13-16)17-7-4-9-23-26-17/h3-7,9,11,16,18H,8,10,13H2,1-2H3,(H,24,27)(H,25,28,31)/t16-,18+/m1/s1. The van der Waals surface area contributed by atoms with Gasteiger partial charge in [-0.3, -0.25) is 15.0 Å². The van der Waals surface area contributed by atoms with E-state index in [1.165, 1.54) is 11.3 Å². The van der Waals surface area contributed by atoms with Crippen LogP contribution in [0.5, 0.6) is 0 Å². The summed E-state index contributed by atoms with van der Waals surface area (Å²) in [5.41, 5.74) is 1.25. The van der Waals surface area contributed by atoms with E-state index < -0.39 is 6.04 Å². The van der Waals surface area contributed by atoms with Crippen molar-refractivity contribution in [2.45, 2.75) is 18.5 Å². The lowest BCUT2D eigenvalue weighted by Crippen LogP contribution is -2.32. The van der Waals surface area contributed by atoms with E-state index >= 15 is 0 Å². The molecule has 1 aliphatic heterocycles. The van der Waals surface area contributed by atoms with Gasteiger partial charge in [-0.05, 0) is 50.3 Å². The predicted octanol–water partition coefficient (Wildman–Crippen LogP) is 2.13. The molecular formula is C21H23N9OS. The molecule has 3 aromatic rings. The van der Waals surface area contributed by atoms with E-state index in [1.54, 1.807) is 29.3 Å². The number of hydrogen-bond acceptors (Lipinski definition) is 10. The fraction of sp³-hybridized carbons (Fsp3) is 0.333. The second-order valence-corrected chi connectivity index (χ2v) is 8.64. The first-order valence-electron chi connectivity index (χ1n) is 10.1. The third-order valence-corrected chi connectivity index (χ3v) is 5.92. The highest BCUT2D eigenvalue weighted by Crippen LogP contribution is 2.26. The lowest BCUT2D eigenvalue weighted by Gasteiger charge is -2.23. The SMILES string of the molecule is CN(C)[C@H](C(=O)Nc1nnc(N[C@@H]2CCN(c3cccnn3)C2)s1)c1cccc(C#N)c1. The molecule has 3 heterocycles. The Kier molecular flexibility index (Phi) is 6.53.